The molecule has 8 nitrogen and oxygen atoms in total. The fraction of sp³-hybridized carbons (Fsp3) is 0.667. The first-order valence-corrected chi connectivity index (χ1v) is 8.07. The van der Waals surface area contributed by atoms with E-state index in [0.717, 1.165) is 13.0 Å². The van der Waals surface area contributed by atoms with Crippen molar-refractivity contribution < 1.29 is 28.2 Å². The Hall–Kier alpha value is -0.970. The van der Waals surface area contributed by atoms with Crippen LogP contribution in [0.3, 0.4) is 0 Å². The molecule has 9 heteroatoms. The molecule has 5 N–H and O–H groups in total. The molecule has 0 amide bonds. The van der Waals surface area contributed by atoms with Gasteiger partial charge in [-0.1, -0.05) is 6.92 Å². The van der Waals surface area contributed by atoms with Crippen LogP contribution in [0.25, 0.3) is 0 Å². The Morgan fingerprint density at radius 3 is 2.33 bits per heavy atom. The highest BCUT2D eigenvalue weighted by Crippen LogP contribution is 2.16. The molecule has 0 spiro atoms. The Bertz CT molecular complexity index is 515. The van der Waals surface area contributed by atoms with Gasteiger partial charge in [-0.25, -0.2) is 8.42 Å². The van der Waals surface area contributed by atoms with E-state index in [1.165, 1.54) is 12.1 Å². The van der Waals surface area contributed by atoms with E-state index < -0.39 is 35.4 Å². The van der Waals surface area contributed by atoms with Gasteiger partial charge in [0, 0.05) is 0 Å². The fourth-order valence-electron chi connectivity index (χ4n) is 1.57. The van der Waals surface area contributed by atoms with Crippen molar-refractivity contribution in [3.63, 3.8) is 0 Å². The van der Waals surface area contributed by atoms with Crippen LogP contribution in [0.2, 0.25) is 0 Å². The van der Waals surface area contributed by atoms with Crippen LogP contribution in [0.1, 0.15) is 19.1 Å². The maximum atomic E-state index is 12.1. The van der Waals surface area contributed by atoms with Crippen LogP contribution in [-0.2, 0) is 16.6 Å². The van der Waals surface area contributed by atoms with E-state index in [4.69, 9.17) is 19.7 Å². The highest BCUT2D eigenvalue weighted by molar-refractivity contribution is 7.89. The molecule has 0 bridgehead atoms. The van der Waals surface area contributed by atoms with E-state index >= 15 is 0 Å². The molecule has 1 rings (SSSR count). The lowest BCUT2D eigenvalue weighted by Crippen LogP contribution is -2.56. The molecule has 0 atom stereocenters. The normalized spacial score (nSPS) is 12.8. The Balaban J connectivity index is 2.83. The van der Waals surface area contributed by atoms with Crippen LogP contribution in [0.4, 0.5) is 0 Å². The monoisotopic (exact) mass is 322 g/mol. The average molecular weight is 322 g/mol. The third kappa shape index (κ3) is 4.77. The van der Waals surface area contributed by atoms with E-state index in [-0.39, 0.29) is 5.09 Å². The van der Waals surface area contributed by atoms with Gasteiger partial charge in [0.1, 0.15) is 11.3 Å². The Morgan fingerprint density at radius 2 is 1.81 bits per heavy atom. The highest BCUT2D eigenvalue weighted by Gasteiger charge is 2.35. The van der Waals surface area contributed by atoms with Crippen molar-refractivity contribution in [2.75, 3.05) is 26.4 Å². The van der Waals surface area contributed by atoms with E-state index in [9.17, 15) is 8.42 Å². The number of nitrogens with one attached hydrogen (secondary N) is 2. The smallest absolute Gasteiger partial charge is 0.274 e. The quantitative estimate of drug-likeness (QED) is 0.341. The van der Waals surface area contributed by atoms with E-state index in [1.807, 2.05) is 6.92 Å². The molecule has 0 unspecified atom stereocenters. The fourth-order valence-corrected chi connectivity index (χ4v) is 2.90. The van der Waals surface area contributed by atoms with Crippen molar-refractivity contribution >= 4 is 10.0 Å². The number of aliphatic hydroxyl groups is 3. The molecule has 1 aromatic heterocycles. The first-order valence-electron chi connectivity index (χ1n) is 6.59. The lowest BCUT2D eigenvalue weighted by Gasteiger charge is -2.27. The zero-order chi connectivity index (χ0) is 15.9. The molecule has 1 aromatic rings. The summed E-state index contributed by atoms with van der Waals surface area (Å²) in [7, 11) is -4.09. The summed E-state index contributed by atoms with van der Waals surface area (Å²) in [6, 6.07) is 2.80. The number of furan rings is 1. The van der Waals surface area contributed by atoms with Gasteiger partial charge < -0.3 is 25.1 Å². The zero-order valence-electron chi connectivity index (χ0n) is 11.9. The van der Waals surface area contributed by atoms with Gasteiger partial charge in [0.05, 0.1) is 26.4 Å². The lowest BCUT2D eigenvalue weighted by molar-refractivity contribution is 0.0579. The maximum absolute atomic E-state index is 12.1. The molecule has 21 heavy (non-hydrogen) atoms. The van der Waals surface area contributed by atoms with Crippen LogP contribution >= 0.6 is 0 Å². The molecule has 0 saturated heterocycles. The van der Waals surface area contributed by atoms with Crippen molar-refractivity contribution in [1.29, 1.82) is 0 Å². The van der Waals surface area contributed by atoms with Crippen molar-refractivity contribution in [2.24, 2.45) is 0 Å². The van der Waals surface area contributed by atoms with Gasteiger partial charge in [-0.05, 0) is 25.1 Å². The largest absolute Gasteiger partial charge is 0.447 e. The predicted octanol–water partition coefficient (Wildman–Crippen LogP) is -1.23. The van der Waals surface area contributed by atoms with Crippen LogP contribution in [0.15, 0.2) is 21.6 Å². The summed E-state index contributed by atoms with van der Waals surface area (Å²) in [4.78, 5) is 0. The summed E-state index contributed by atoms with van der Waals surface area (Å²) >= 11 is 0. The van der Waals surface area contributed by atoms with E-state index in [2.05, 4.69) is 10.0 Å². The molecule has 0 aliphatic heterocycles. The molecule has 1 heterocycles. The lowest BCUT2D eigenvalue weighted by atomic mass is 10.1. The van der Waals surface area contributed by atoms with Crippen LogP contribution in [-0.4, -0.2) is 55.6 Å². The van der Waals surface area contributed by atoms with Gasteiger partial charge >= 0.3 is 0 Å². The standard InChI is InChI=1S/C12H22N2O6S/c1-2-5-13-6-10-3-4-11(20-10)21(18,19)14-12(7-15,8-16)9-17/h3-4,13-17H,2,5-9H2,1H3. The maximum Gasteiger partial charge on any atom is 0.274 e. The molecular formula is C12H22N2O6S. The Labute approximate surface area is 123 Å². The van der Waals surface area contributed by atoms with Crippen LogP contribution in [0, 0.1) is 0 Å². The third-order valence-electron chi connectivity index (χ3n) is 2.89. The molecule has 0 radical (unpaired) electrons. The van der Waals surface area contributed by atoms with Crippen molar-refractivity contribution in [3.8, 4) is 0 Å². The molecule has 122 valence electrons. The number of aliphatic hydroxyl groups excluding tert-OH is 3. The second kappa shape index (κ2) is 7.87. The van der Waals surface area contributed by atoms with Crippen molar-refractivity contribution in [1.82, 2.24) is 10.0 Å². The van der Waals surface area contributed by atoms with E-state index in [1.54, 1.807) is 0 Å². The molecule has 0 aliphatic carbocycles. The first kappa shape index (κ1) is 18.1. The summed E-state index contributed by atoms with van der Waals surface area (Å²) in [6.07, 6.45) is 0.944. The predicted molar refractivity (Wildman–Crippen MR) is 75.0 cm³/mol. The number of sulfonamides is 1. The SMILES string of the molecule is CCCNCc1ccc(S(=O)(=O)NC(CO)(CO)CO)o1. The molecule has 0 saturated carbocycles. The molecular weight excluding hydrogens is 300 g/mol. The minimum Gasteiger partial charge on any atom is -0.447 e. The van der Waals surface area contributed by atoms with Crippen molar-refractivity contribution in [3.05, 3.63) is 17.9 Å². The summed E-state index contributed by atoms with van der Waals surface area (Å²) in [5, 5.41) is 30.2. The second-order valence-corrected chi connectivity index (χ2v) is 6.37. The topological polar surface area (TPSA) is 132 Å². The summed E-state index contributed by atoms with van der Waals surface area (Å²) in [6.45, 7) is 0.950. The zero-order valence-corrected chi connectivity index (χ0v) is 12.7. The van der Waals surface area contributed by atoms with Gasteiger partial charge in [-0.2, -0.15) is 4.72 Å². The van der Waals surface area contributed by atoms with Gasteiger partial charge in [0.25, 0.3) is 10.0 Å². The number of hydrogen-bond donors (Lipinski definition) is 5. The summed E-state index contributed by atoms with van der Waals surface area (Å²) in [5.74, 6) is 0.450. The van der Waals surface area contributed by atoms with E-state index in [0.29, 0.717) is 12.3 Å². The van der Waals surface area contributed by atoms with Gasteiger partial charge in [0.2, 0.25) is 5.09 Å². The van der Waals surface area contributed by atoms with Gasteiger partial charge in [-0.15, -0.1) is 0 Å². The average Bonchev–Trinajstić information content (AvgIpc) is 2.95. The van der Waals surface area contributed by atoms with Gasteiger partial charge in [0.15, 0.2) is 0 Å². The van der Waals surface area contributed by atoms with Gasteiger partial charge in [-0.3, -0.25) is 0 Å². The molecule has 0 aromatic carbocycles. The van der Waals surface area contributed by atoms with Crippen molar-refractivity contribution in [2.45, 2.75) is 30.5 Å². The van der Waals surface area contributed by atoms with Crippen LogP contribution < -0.4 is 10.0 Å². The Kier molecular flexibility index (Phi) is 6.78. The third-order valence-corrected chi connectivity index (χ3v) is 4.34. The number of hydrogen-bond acceptors (Lipinski definition) is 7. The number of rotatable bonds is 10. The summed E-state index contributed by atoms with van der Waals surface area (Å²) in [5.41, 5.74) is -1.73. The minimum atomic E-state index is -4.09. The second-order valence-electron chi connectivity index (χ2n) is 4.76. The molecule has 0 fully saturated rings. The Morgan fingerprint density at radius 1 is 1.19 bits per heavy atom. The molecule has 0 aliphatic rings. The van der Waals surface area contributed by atoms with Crippen LogP contribution in [0.5, 0.6) is 0 Å². The summed E-state index contributed by atoms with van der Waals surface area (Å²) < 4.78 is 31.5. The first-order chi connectivity index (χ1) is 9.93. The highest BCUT2D eigenvalue weighted by atomic mass is 32.2. The minimum absolute atomic E-state index is 0.337.